The second kappa shape index (κ2) is 10.3. The number of methoxy groups -OCH3 is 3. The van der Waals surface area contributed by atoms with Crippen LogP contribution in [0, 0.1) is 6.92 Å². The highest BCUT2D eigenvalue weighted by molar-refractivity contribution is 7.13. The molecule has 1 saturated heterocycles. The van der Waals surface area contributed by atoms with Crippen LogP contribution >= 0.6 is 11.3 Å². The van der Waals surface area contributed by atoms with Crippen LogP contribution in [0.15, 0.2) is 17.5 Å². The average Bonchev–Trinajstić information content (AvgIpc) is 3.07. The molecule has 168 valence electrons. The molecule has 0 unspecified atom stereocenters. The molecule has 1 aromatic heterocycles. The molecular formula is C21H28N4O5S. The Morgan fingerprint density at radius 2 is 1.77 bits per heavy atom. The number of aromatic nitrogens is 1. The Morgan fingerprint density at radius 1 is 1.06 bits per heavy atom. The number of hydrogen-bond donors (Lipinski definition) is 1. The van der Waals surface area contributed by atoms with Crippen LogP contribution in [0.2, 0.25) is 0 Å². The second-order valence-electron chi connectivity index (χ2n) is 7.09. The van der Waals surface area contributed by atoms with Gasteiger partial charge in [0.1, 0.15) is 0 Å². The lowest BCUT2D eigenvalue weighted by molar-refractivity contribution is -0.129. The molecule has 0 aliphatic carbocycles. The maximum absolute atomic E-state index is 12.7. The zero-order chi connectivity index (χ0) is 22.4. The smallest absolute Gasteiger partial charge is 0.251 e. The molecule has 1 fully saturated rings. The number of ether oxygens (including phenoxy) is 3. The van der Waals surface area contributed by atoms with E-state index in [-0.39, 0.29) is 18.4 Å². The lowest BCUT2D eigenvalue weighted by Crippen LogP contribution is -2.42. The Balaban J connectivity index is 1.58. The topological polar surface area (TPSA) is 93.2 Å². The number of hydrogen-bond acceptors (Lipinski definition) is 8. The van der Waals surface area contributed by atoms with Crippen LogP contribution in [0.4, 0.5) is 5.13 Å². The van der Waals surface area contributed by atoms with Crippen molar-refractivity contribution < 1.29 is 23.8 Å². The minimum atomic E-state index is -0.387. The first-order valence-electron chi connectivity index (χ1n) is 10.00. The van der Waals surface area contributed by atoms with Crippen LogP contribution < -0.4 is 24.4 Å². The van der Waals surface area contributed by atoms with Gasteiger partial charge in [0.2, 0.25) is 11.7 Å². The van der Waals surface area contributed by atoms with Crippen molar-refractivity contribution in [1.82, 2.24) is 15.2 Å². The summed E-state index contributed by atoms with van der Waals surface area (Å²) in [6.07, 6.45) is 0.852. The van der Waals surface area contributed by atoms with E-state index in [1.807, 2.05) is 12.3 Å². The summed E-state index contributed by atoms with van der Waals surface area (Å²) in [5, 5.41) is 5.71. The molecule has 0 spiro atoms. The van der Waals surface area contributed by atoms with E-state index in [2.05, 4.69) is 15.2 Å². The minimum Gasteiger partial charge on any atom is -0.493 e. The maximum Gasteiger partial charge on any atom is 0.251 e. The van der Waals surface area contributed by atoms with Crippen LogP contribution in [0.1, 0.15) is 22.5 Å². The highest BCUT2D eigenvalue weighted by atomic mass is 32.1. The van der Waals surface area contributed by atoms with E-state index in [0.717, 1.165) is 30.3 Å². The molecule has 10 heteroatoms. The number of amides is 2. The molecule has 0 radical (unpaired) electrons. The Bertz CT molecular complexity index is 907. The fraction of sp³-hybridized carbons (Fsp3) is 0.476. The quantitative estimate of drug-likeness (QED) is 0.692. The second-order valence-corrected chi connectivity index (χ2v) is 7.93. The van der Waals surface area contributed by atoms with Gasteiger partial charge in [-0.3, -0.25) is 9.59 Å². The van der Waals surface area contributed by atoms with Gasteiger partial charge in [-0.15, -0.1) is 11.3 Å². The number of rotatable bonds is 7. The van der Waals surface area contributed by atoms with Crippen LogP contribution in [0.3, 0.4) is 0 Å². The van der Waals surface area contributed by atoms with Gasteiger partial charge in [0.05, 0.1) is 33.6 Å². The number of anilines is 1. The predicted molar refractivity (Wildman–Crippen MR) is 119 cm³/mol. The summed E-state index contributed by atoms with van der Waals surface area (Å²) in [4.78, 5) is 33.8. The van der Waals surface area contributed by atoms with Gasteiger partial charge in [0.15, 0.2) is 16.6 Å². The third-order valence-electron chi connectivity index (χ3n) is 5.05. The fourth-order valence-corrected chi connectivity index (χ4v) is 4.28. The molecule has 1 aromatic carbocycles. The highest BCUT2D eigenvalue weighted by Crippen LogP contribution is 2.38. The van der Waals surface area contributed by atoms with Crippen LogP contribution in [-0.2, 0) is 4.79 Å². The minimum absolute atomic E-state index is 0.0775. The van der Waals surface area contributed by atoms with Gasteiger partial charge in [-0.05, 0) is 25.5 Å². The number of nitrogens with one attached hydrogen (secondary N) is 1. The molecule has 9 nitrogen and oxygen atoms in total. The SMILES string of the molecule is COc1cc(C(=O)NCC(=O)N2CCCN(c3nc(C)cs3)CC2)cc(OC)c1OC. The van der Waals surface area contributed by atoms with Crippen LogP contribution in [0.25, 0.3) is 0 Å². The summed E-state index contributed by atoms with van der Waals surface area (Å²) in [7, 11) is 4.47. The van der Waals surface area contributed by atoms with Crippen LogP contribution in [0.5, 0.6) is 17.2 Å². The summed E-state index contributed by atoms with van der Waals surface area (Å²) >= 11 is 1.62. The van der Waals surface area contributed by atoms with E-state index in [4.69, 9.17) is 14.2 Å². The summed E-state index contributed by atoms with van der Waals surface area (Å²) in [5.41, 5.74) is 1.33. The van der Waals surface area contributed by atoms with Gasteiger partial charge >= 0.3 is 0 Å². The summed E-state index contributed by atoms with van der Waals surface area (Å²) in [6, 6.07) is 3.11. The van der Waals surface area contributed by atoms with Crippen molar-refractivity contribution in [1.29, 1.82) is 0 Å². The van der Waals surface area contributed by atoms with E-state index in [9.17, 15) is 9.59 Å². The summed E-state index contributed by atoms with van der Waals surface area (Å²) in [5.74, 6) is 0.661. The molecule has 1 aliphatic heterocycles. The first kappa shape index (κ1) is 22.7. The normalized spacial score (nSPS) is 14.1. The van der Waals surface area contributed by atoms with Gasteiger partial charge < -0.3 is 29.3 Å². The number of carbonyl (C=O) groups excluding carboxylic acids is 2. The van der Waals surface area contributed by atoms with Crippen molar-refractivity contribution in [3.63, 3.8) is 0 Å². The summed E-state index contributed by atoms with van der Waals surface area (Å²) < 4.78 is 15.8. The monoisotopic (exact) mass is 448 g/mol. The van der Waals surface area contributed by atoms with E-state index in [1.54, 1.807) is 28.4 Å². The van der Waals surface area contributed by atoms with Crippen molar-refractivity contribution in [2.24, 2.45) is 0 Å². The largest absolute Gasteiger partial charge is 0.493 e. The third kappa shape index (κ3) is 5.38. The number of aryl methyl sites for hydroxylation is 1. The Labute approximate surface area is 185 Å². The zero-order valence-corrected chi connectivity index (χ0v) is 19.1. The van der Waals surface area contributed by atoms with Gasteiger partial charge in [-0.1, -0.05) is 0 Å². The van der Waals surface area contributed by atoms with Crippen molar-refractivity contribution >= 4 is 28.3 Å². The lowest BCUT2D eigenvalue weighted by Gasteiger charge is -2.22. The van der Waals surface area contributed by atoms with E-state index >= 15 is 0 Å². The molecule has 0 saturated carbocycles. The Hall–Kier alpha value is -3.01. The van der Waals surface area contributed by atoms with Crippen LogP contribution in [-0.4, -0.2) is 75.8 Å². The van der Waals surface area contributed by atoms with Gasteiger partial charge in [0, 0.05) is 37.1 Å². The predicted octanol–water partition coefficient (Wildman–Crippen LogP) is 1.95. The number of thiazole rings is 1. The Kier molecular flexibility index (Phi) is 7.56. The van der Waals surface area contributed by atoms with Gasteiger partial charge in [-0.2, -0.15) is 0 Å². The Morgan fingerprint density at radius 3 is 2.35 bits per heavy atom. The molecule has 31 heavy (non-hydrogen) atoms. The maximum atomic E-state index is 12.7. The van der Waals surface area contributed by atoms with Crippen molar-refractivity contribution in [3.05, 3.63) is 28.8 Å². The average molecular weight is 449 g/mol. The molecule has 0 atom stereocenters. The van der Waals surface area contributed by atoms with Crippen molar-refractivity contribution in [2.45, 2.75) is 13.3 Å². The molecular weight excluding hydrogens is 420 g/mol. The molecule has 2 aromatic rings. The molecule has 0 bridgehead atoms. The third-order valence-corrected chi connectivity index (χ3v) is 6.07. The zero-order valence-electron chi connectivity index (χ0n) is 18.3. The number of nitrogens with zero attached hydrogens (tertiary/aromatic N) is 3. The first-order chi connectivity index (χ1) is 15.0. The standard InChI is InChI=1S/C21H28N4O5S/c1-14-13-31-21(23-14)25-7-5-6-24(8-9-25)18(26)12-22-20(27)15-10-16(28-2)19(30-4)17(11-15)29-3/h10-11,13H,5-9,12H2,1-4H3,(H,22,27). The lowest BCUT2D eigenvalue weighted by atomic mass is 10.1. The molecule has 2 heterocycles. The van der Waals surface area contributed by atoms with Gasteiger partial charge in [-0.25, -0.2) is 4.98 Å². The molecule has 2 amide bonds. The molecule has 1 aliphatic rings. The number of benzene rings is 1. The fourth-order valence-electron chi connectivity index (χ4n) is 3.43. The van der Waals surface area contributed by atoms with E-state index in [1.165, 1.54) is 21.3 Å². The first-order valence-corrected chi connectivity index (χ1v) is 10.9. The van der Waals surface area contributed by atoms with E-state index in [0.29, 0.717) is 35.9 Å². The molecule has 1 N–H and O–H groups in total. The number of carbonyl (C=O) groups is 2. The highest BCUT2D eigenvalue weighted by Gasteiger charge is 2.22. The van der Waals surface area contributed by atoms with Crippen molar-refractivity contribution in [3.8, 4) is 17.2 Å². The van der Waals surface area contributed by atoms with Gasteiger partial charge in [0.25, 0.3) is 5.91 Å². The van der Waals surface area contributed by atoms with E-state index < -0.39 is 0 Å². The van der Waals surface area contributed by atoms with Crippen molar-refractivity contribution in [2.75, 3.05) is 59.0 Å². The molecule has 3 rings (SSSR count). The summed E-state index contributed by atoms with van der Waals surface area (Å²) in [6.45, 7) is 4.72.